The largest absolute Gasteiger partial charge is 0.493 e. The van der Waals surface area contributed by atoms with Gasteiger partial charge in [0.15, 0.2) is 11.2 Å². The van der Waals surface area contributed by atoms with E-state index in [0.29, 0.717) is 55.6 Å². The fraction of sp³-hybridized carbons (Fsp3) is 0.450. The van der Waals surface area contributed by atoms with Crippen molar-refractivity contribution in [1.29, 1.82) is 5.26 Å². The number of imide groups is 1. The third kappa shape index (κ3) is 9.15. The van der Waals surface area contributed by atoms with Gasteiger partial charge in [-0.2, -0.15) is 18.4 Å². The number of hydrogen-bond donors (Lipinski definition) is 4. The van der Waals surface area contributed by atoms with Crippen molar-refractivity contribution in [1.82, 2.24) is 15.2 Å². The van der Waals surface area contributed by atoms with Crippen molar-refractivity contribution in [3.05, 3.63) is 71.3 Å². The molecular weight excluding hydrogens is 781 g/mol. The van der Waals surface area contributed by atoms with Crippen LogP contribution in [0.15, 0.2) is 48.7 Å². The molecule has 2 atom stereocenters. The molecule has 3 aliphatic heterocycles. The van der Waals surface area contributed by atoms with Gasteiger partial charge in [0, 0.05) is 17.8 Å². The summed E-state index contributed by atoms with van der Waals surface area (Å²) < 4.78 is 62.0. The molecule has 1 aromatic heterocycles. The summed E-state index contributed by atoms with van der Waals surface area (Å²) in [7, 11) is 0. The molecule has 0 saturated carbocycles. The average molecular weight is 825 g/mol. The molecule has 4 amide bonds. The lowest BCUT2D eigenvalue weighted by molar-refractivity contribution is -0.138. The van der Waals surface area contributed by atoms with Crippen LogP contribution in [-0.4, -0.2) is 76.8 Å². The minimum absolute atomic E-state index is 0.0116. The number of carbonyl (C=O) groups excluding carboxylic acids is 4. The number of pyridine rings is 1. The van der Waals surface area contributed by atoms with Crippen LogP contribution in [0.4, 0.5) is 40.3 Å². The summed E-state index contributed by atoms with van der Waals surface area (Å²) in [6, 6.07) is 11.1. The lowest BCUT2D eigenvalue weighted by Gasteiger charge is -2.34. The van der Waals surface area contributed by atoms with Gasteiger partial charge in [-0.25, -0.2) is 9.37 Å². The summed E-state index contributed by atoms with van der Waals surface area (Å²) in [6.07, 6.45) is -0.211. The zero-order valence-corrected chi connectivity index (χ0v) is 33.1. The molecule has 3 saturated heterocycles. The fourth-order valence-electron chi connectivity index (χ4n) is 7.54. The van der Waals surface area contributed by atoms with Gasteiger partial charge in [-0.3, -0.25) is 34.3 Å². The monoisotopic (exact) mass is 824 g/mol. The van der Waals surface area contributed by atoms with E-state index < -0.39 is 52.1 Å². The first-order valence-electron chi connectivity index (χ1n) is 19.0. The van der Waals surface area contributed by atoms with Gasteiger partial charge < -0.3 is 20.3 Å². The molecule has 2 aromatic carbocycles. The minimum atomic E-state index is -4.85. The SMILES string of the molecule is CCc1cc(N2C(S)N(c3cnc(C#N)c(C(F)(F)F)c3)C(=O)C2(C)C)ccc1OCCC1CCN(CC(=O)Nc2cc(NC3CCC(=O)NC3=O)ccc2F)CC1. The number of rotatable bonds is 12. The number of halogens is 4. The fourth-order valence-corrected chi connectivity index (χ4v) is 8.20. The second-order valence-corrected chi connectivity index (χ2v) is 15.5. The molecule has 4 heterocycles. The predicted molar refractivity (Wildman–Crippen MR) is 211 cm³/mol. The van der Waals surface area contributed by atoms with Crippen molar-refractivity contribution in [2.75, 3.05) is 46.7 Å². The Kier molecular flexibility index (Phi) is 12.5. The molecule has 0 spiro atoms. The van der Waals surface area contributed by atoms with Crippen LogP contribution in [0, 0.1) is 23.1 Å². The van der Waals surface area contributed by atoms with E-state index in [9.17, 15) is 42.0 Å². The molecule has 0 radical (unpaired) electrons. The number of carbonyl (C=O) groups is 4. The number of amides is 4. The van der Waals surface area contributed by atoms with Crippen molar-refractivity contribution < 1.29 is 41.5 Å². The van der Waals surface area contributed by atoms with Crippen LogP contribution in [0.2, 0.25) is 0 Å². The van der Waals surface area contributed by atoms with Crippen molar-refractivity contribution >= 4 is 59.0 Å². The summed E-state index contributed by atoms with van der Waals surface area (Å²) >= 11 is 4.68. The highest BCUT2D eigenvalue weighted by molar-refractivity contribution is 7.81. The molecule has 6 rings (SSSR count). The smallest absolute Gasteiger partial charge is 0.419 e. The van der Waals surface area contributed by atoms with Crippen LogP contribution in [0.3, 0.4) is 0 Å². The summed E-state index contributed by atoms with van der Waals surface area (Å²) in [5, 5.41) is 17.1. The first-order chi connectivity index (χ1) is 27.5. The minimum Gasteiger partial charge on any atom is -0.493 e. The van der Waals surface area contributed by atoms with Gasteiger partial charge in [-0.15, -0.1) is 12.6 Å². The predicted octanol–water partition coefficient (Wildman–Crippen LogP) is 5.86. The lowest BCUT2D eigenvalue weighted by Crippen LogP contribution is -2.47. The Labute approximate surface area is 338 Å². The molecule has 308 valence electrons. The summed E-state index contributed by atoms with van der Waals surface area (Å²) in [5.41, 5.74) is -2.40. The third-order valence-corrected chi connectivity index (χ3v) is 11.2. The van der Waals surface area contributed by atoms with Gasteiger partial charge >= 0.3 is 6.18 Å². The van der Waals surface area contributed by atoms with Crippen LogP contribution < -0.4 is 30.5 Å². The topological polar surface area (TPSA) is 160 Å². The number of alkyl halides is 3. The Morgan fingerprint density at radius 3 is 2.50 bits per heavy atom. The summed E-state index contributed by atoms with van der Waals surface area (Å²) in [6.45, 7) is 7.18. The summed E-state index contributed by atoms with van der Waals surface area (Å²) in [4.78, 5) is 58.7. The van der Waals surface area contributed by atoms with Gasteiger partial charge in [0.1, 0.15) is 29.2 Å². The highest BCUT2D eigenvalue weighted by Crippen LogP contribution is 2.43. The molecule has 3 aromatic rings. The number of hydrogen-bond acceptors (Lipinski definition) is 11. The van der Waals surface area contributed by atoms with Crippen LogP contribution in [0.5, 0.6) is 5.75 Å². The van der Waals surface area contributed by atoms with Crippen molar-refractivity contribution in [2.24, 2.45) is 5.92 Å². The zero-order valence-electron chi connectivity index (χ0n) is 32.2. The molecule has 13 nitrogen and oxygen atoms in total. The highest BCUT2D eigenvalue weighted by atomic mass is 32.1. The molecule has 18 heteroatoms. The van der Waals surface area contributed by atoms with E-state index in [1.807, 2.05) is 24.0 Å². The van der Waals surface area contributed by atoms with Crippen LogP contribution >= 0.6 is 12.6 Å². The van der Waals surface area contributed by atoms with Gasteiger partial charge in [-0.05, 0) is 113 Å². The standard InChI is InChI=1S/C40H44F4N8O5S/c1-4-24-17-26(52-38(58)51(37(56)39(52,2)3)27-19-28(40(42,43)44)32(20-45)46-21-27)6-9-33(24)57-16-13-23-11-14-50(15-12-23)22-35(54)48-31-18-25(5-7-29(31)41)47-30-8-10-34(53)49-36(30)55/h5-7,9,17-19,21,23,30,38,47,58H,4,8,10-16,22H2,1-3H3,(H,48,54)(H,49,53,55). The number of ether oxygens (including phenoxy) is 1. The molecule has 3 aliphatic rings. The van der Waals surface area contributed by atoms with Crippen LogP contribution in [0.1, 0.15) is 69.7 Å². The maximum atomic E-state index is 14.6. The number of piperidine rings is 2. The molecule has 2 unspecified atom stereocenters. The van der Waals surface area contributed by atoms with Gasteiger partial charge in [0.25, 0.3) is 5.91 Å². The first kappa shape index (κ1) is 42.2. The number of thiol groups is 1. The van der Waals surface area contributed by atoms with E-state index in [-0.39, 0.29) is 36.2 Å². The van der Waals surface area contributed by atoms with E-state index in [1.54, 1.807) is 24.8 Å². The number of nitriles is 1. The molecule has 3 fully saturated rings. The molecule has 0 bridgehead atoms. The van der Waals surface area contributed by atoms with Gasteiger partial charge in [0.05, 0.1) is 36.3 Å². The van der Waals surface area contributed by atoms with E-state index in [2.05, 4.69) is 33.6 Å². The zero-order chi connectivity index (χ0) is 41.9. The third-order valence-electron chi connectivity index (χ3n) is 10.8. The van der Waals surface area contributed by atoms with E-state index >= 15 is 0 Å². The highest BCUT2D eigenvalue weighted by Gasteiger charge is 2.52. The number of aromatic nitrogens is 1. The first-order valence-corrected chi connectivity index (χ1v) is 19.5. The Balaban J connectivity index is 1.00. The Morgan fingerprint density at radius 2 is 1.83 bits per heavy atom. The van der Waals surface area contributed by atoms with Gasteiger partial charge in [0.2, 0.25) is 17.7 Å². The second kappa shape index (κ2) is 17.2. The number of aryl methyl sites for hydroxylation is 1. The number of nitrogens with zero attached hydrogens (tertiary/aromatic N) is 5. The second-order valence-electron chi connectivity index (χ2n) is 15.0. The van der Waals surface area contributed by atoms with Crippen LogP contribution in [0.25, 0.3) is 0 Å². The van der Waals surface area contributed by atoms with Crippen LogP contribution in [-0.2, 0) is 31.8 Å². The number of anilines is 4. The van der Waals surface area contributed by atoms with E-state index in [1.165, 1.54) is 24.3 Å². The van der Waals surface area contributed by atoms with E-state index in [4.69, 9.17) is 4.74 Å². The Morgan fingerprint density at radius 1 is 1.09 bits per heavy atom. The maximum absolute atomic E-state index is 14.6. The lowest BCUT2D eigenvalue weighted by atomic mass is 9.94. The molecule has 58 heavy (non-hydrogen) atoms. The molecular formula is C40H44F4N8O5S. The summed E-state index contributed by atoms with van der Waals surface area (Å²) in [5.74, 6) is -1.23. The Bertz CT molecular complexity index is 2120. The molecule has 3 N–H and O–H groups in total. The normalized spacial score (nSPS) is 20.2. The van der Waals surface area contributed by atoms with Gasteiger partial charge in [-0.1, -0.05) is 6.92 Å². The molecule has 0 aliphatic carbocycles. The quantitative estimate of drug-likeness (QED) is 0.0991. The Hall–Kier alpha value is -5.41. The van der Waals surface area contributed by atoms with E-state index in [0.717, 1.165) is 42.0 Å². The number of nitrogens with one attached hydrogen (secondary N) is 3. The maximum Gasteiger partial charge on any atom is 0.419 e. The van der Waals surface area contributed by atoms with Crippen molar-refractivity contribution in [3.63, 3.8) is 0 Å². The number of likely N-dealkylation sites (tertiary alicyclic amines) is 1. The van der Waals surface area contributed by atoms with Crippen molar-refractivity contribution in [2.45, 2.75) is 82.6 Å². The average Bonchev–Trinajstić information content (AvgIpc) is 3.36. The van der Waals surface area contributed by atoms with Crippen molar-refractivity contribution in [3.8, 4) is 11.8 Å². The number of benzene rings is 2.